The van der Waals surface area contributed by atoms with Gasteiger partial charge in [0.05, 0.1) is 10.6 Å². The van der Waals surface area contributed by atoms with Crippen molar-refractivity contribution < 1.29 is 4.79 Å². The summed E-state index contributed by atoms with van der Waals surface area (Å²) in [6.07, 6.45) is 0. The Hall–Kier alpha value is -2.98. The minimum atomic E-state index is -0.496. The van der Waals surface area contributed by atoms with Crippen LogP contribution in [0.2, 0.25) is 0 Å². The number of carbonyl (C=O) groups is 1. The Balaban J connectivity index is 1.86. The van der Waals surface area contributed by atoms with Crippen LogP contribution in [0.1, 0.15) is 36.1 Å². The molecule has 0 aliphatic carbocycles. The fraction of sp³-hybridized carbons (Fsp3) is 0.167. The maximum absolute atomic E-state index is 11.8. The van der Waals surface area contributed by atoms with Crippen LogP contribution in [0.4, 0.5) is 0 Å². The fourth-order valence-corrected chi connectivity index (χ4v) is 4.22. The van der Waals surface area contributed by atoms with E-state index >= 15 is 0 Å². The molecule has 0 saturated carbocycles. The van der Waals surface area contributed by atoms with E-state index in [1.54, 1.807) is 0 Å². The molecular weight excluding hydrogens is 364 g/mol. The molecule has 0 spiro atoms. The van der Waals surface area contributed by atoms with E-state index in [0.29, 0.717) is 5.01 Å². The van der Waals surface area contributed by atoms with Crippen molar-refractivity contribution in [3.63, 3.8) is 0 Å². The lowest BCUT2D eigenvalue weighted by molar-refractivity contribution is 0.1000. The third-order valence-corrected chi connectivity index (χ3v) is 5.99. The van der Waals surface area contributed by atoms with Crippen LogP contribution in [0.5, 0.6) is 0 Å². The van der Waals surface area contributed by atoms with Crippen molar-refractivity contribution in [2.75, 3.05) is 0 Å². The number of aromatic nitrogens is 1. The Morgan fingerprint density at radius 3 is 2.18 bits per heavy atom. The molecule has 4 aromatic rings. The largest absolute Gasteiger partial charge is 0.364 e. The molecule has 3 aromatic carbocycles. The van der Waals surface area contributed by atoms with Gasteiger partial charge in [0, 0.05) is 5.56 Å². The molecule has 0 fully saturated rings. The van der Waals surface area contributed by atoms with E-state index in [1.807, 2.05) is 12.1 Å². The molecule has 0 radical (unpaired) electrons. The molecule has 1 aromatic heterocycles. The third kappa shape index (κ3) is 3.43. The molecule has 4 heteroatoms. The van der Waals surface area contributed by atoms with Crippen molar-refractivity contribution in [1.29, 1.82) is 0 Å². The van der Waals surface area contributed by atoms with E-state index in [4.69, 9.17) is 5.73 Å². The molecule has 1 amide bonds. The molecule has 0 bridgehead atoms. The van der Waals surface area contributed by atoms with Crippen LogP contribution >= 0.6 is 11.3 Å². The lowest BCUT2D eigenvalue weighted by Gasteiger charge is -2.19. The number of hydrogen-bond acceptors (Lipinski definition) is 3. The first kappa shape index (κ1) is 18.4. The number of hydrogen-bond donors (Lipinski definition) is 1. The molecule has 28 heavy (non-hydrogen) atoms. The van der Waals surface area contributed by atoms with Crippen LogP contribution in [0.15, 0.2) is 66.7 Å². The predicted octanol–water partition coefficient (Wildman–Crippen LogP) is 6.03. The zero-order valence-corrected chi connectivity index (χ0v) is 17.0. The molecule has 0 saturated heterocycles. The molecule has 0 atom stereocenters. The van der Waals surface area contributed by atoms with Crippen LogP contribution < -0.4 is 5.73 Å². The van der Waals surface area contributed by atoms with Gasteiger partial charge < -0.3 is 5.73 Å². The molecular formula is C24H22N2OS. The van der Waals surface area contributed by atoms with E-state index in [9.17, 15) is 4.79 Å². The Morgan fingerprint density at radius 1 is 0.893 bits per heavy atom. The van der Waals surface area contributed by atoms with Gasteiger partial charge >= 0.3 is 0 Å². The van der Waals surface area contributed by atoms with Gasteiger partial charge in [0.25, 0.3) is 5.91 Å². The number of carbonyl (C=O) groups excluding carboxylic acids is 1. The maximum Gasteiger partial charge on any atom is 0.277 e. The number of rotatable bonds is 3. The zero-order valence-electron chi connectivity index (χ0n) is 16.2. The lowest BCUT2D eigenvalue weighted by Crippen LogP contribution is -2.10. The summed E-state index contributed by atoms with van der Waals surface area (Å²) in [7, 11) is 0. The molecule has 0 aliphatic heterocycles. The van der Waals surface area contributed by atoms with Gasteiger partial charge in [-0.05, 0) is 33.4 Å². The van der Waals surface area contributed by atoms with Gasteiger partial charge in [-0.25, -0.2) is 4.98 Å². The lowest BCUT2D eigenvalue weighted by atomic mass is 9.86. The summed E-state index contributed by atoms with van der Waals surface area (Å²) in [5, 5.41) is 2.65. The third-order valence-electron chi connectivity index (χ3n) is 4.87. The van der Waals surface area contributed by atoms with Crippen LogP contribution in [-0.2, 0) is 5.41 Å². The second-order valence-electron chi connectivity index (χ2n) is 7.95. The summed E-state index contributed by atoms with van der Waals surface area (Å²) in [4.78, 5) is 17.3. The second-order valence-corrected chi connectivity index (χ2v) is 8.95. The molecule has 140 valence electrons. The SMILES string of the molecule is CC(C)(C)c1ccc(-c2sc(C(N)=O)nc2-c2ccc3ccccc3c2)cc1. The summed E-state index contributed by atoms with van der Waals surface area (Å²) < 4.78 is 0. The van der Waals surface area contributed by atoms with Gasteiger partial charge in [-0.3, -0.25) is 4.79 Å². The highest BCUT2D eigenvalue weighted by Gasteiger charge is 2.19. The number of primary amides is 1. The molecule has 2 N–H and O–H groups in total. The molecule has 0 aliphatic rings. The van der Waals surface area contributed by atoms with Crippen molar-refractivity contribution in [3.05, 3.63) is 77.3 Å². The highest BCUT2D eigenvalue weighted by molar-refractivity contribution is 7.17. The van der Waals surface area contributed by atoms with E-state index in [1.165, 1.54) is 22.3 Å². The number of benzene rings is 3. The summed E-state index contributed by atoms with van der Waals surface area (Å²) >= 11 is 1.35. The average Bonchev–Trinajstić information content (AvgIpc) is 3.13. The first-order valence-electron chi connectivity index (χ1n) is 9.24. The average molecular weight is 387 g/mol. The van der Waals surface area contributed by atoms with Crippen molar-refractivity contribution >= 4 is 28.0 Å². The monoisotopic (exact) mass is 386 g/mol. The molecule has 4 rings (SSSR count). The van der Waals surface area contributed by atoms with E-state index in [0.717, 1.165) is 27.1 Å². The topological polar surface area (TPSA) is 56.0 Å². The number of nitrogens with zero attached hydrogens (tertiary/aromatic N) is 1. The van der Waals surface area contributed by atoms with Gasteiger partial charge in [-0.15, -0.1) is 11.3 Å². The zero-order chi connectivity index (χ0) is 19.9. The first-order valence-corrected chi connectivity index (χ1v) is 10.1. The number of amides is 1. The Labute approximate surface area is 168 Å². The van der Waals surface area contributed by atoms with Gasteiger partial charge in [0.15, 0.2) is 5.01 Å². The highest BCUT2D eigenvalue weighted by atomic mass is 32.1. The summed E-state index contributed by atoms with van der Waals surface area (Å²) in [6, 6.07) is 22.9. The van der Waals surface area contributed by atoms with E-state index < -0.39 is 5.91 Å². The van der Waals surface area contributed by atoms with Crippen molar-refractivity contribution in [1.82, 2.24) is 4.98 Å². The normalized spacial score (nSPS) is 11.7. The molecule has 1 heterocycles. The summed E-state index contributed by atoms with van der Waals surface area (Å²) in [5.74, 6) is -0.496. The summed E-state index contributed by atoms with van der Waals surface area (Å²) in [5.41, 5.74) is 9.71. The van der Waals surface area contributed by atoms with Crippen LogP contribution in [0.3, 0.4) is 0 Å². The van der Waals surface area contributed by atoms with Gasteiger partial charge in [0.1, 0.15) is 0 Å². The van der Waals surface area contributed by atoms with Crippen molar-refractivity contribution in [2.45, 2.75) is 26.2 Å². The fourth-order valence-electron chi connectivity index (χ4n) is 3.28. The Morgan fingerprint density at radius 2 is 1.54 bits per heavy atom. The minimum Gasteiger partial charge on any atom is -0.364 e. The Bertz CT molecular complexity index is 1170. The van der Waals surface area contributed by atoms with Crippen molar-refractivity contribution in [2.24, 2.45) is 5.73 Å². The van der Waals surface area contributed by atoms with Crippen LogP contribution in [-0.4, -0.2) is 10.9 Å². The highest BCUT2D eigenvalue weighted by Crippen LogP contribution is 2.38. The number of nitrogens with two attached hydrogens (primary N) is 1. The van der Waals surface area contributed by atoms with Crippen molar-refractivity contribution in [3.8, 4) is 21.7 Å². The standard InChI is InChI=1S/C24H22N2OS/c1-24(2,3)19-12-10-16(11-13-19)21-20(26-23(28-21)22(25)27)18-9-8-15-6-4-5-7-17(15)14-18/h4-14H,1-3H3,(H2,25,27). The number of fused-ring (bicyclic) bond motifs is 1. The summed E-state index contributed by atoms with van der Waals surface area (Å²) in [6.45, 7) is 6.58. The van der Waals surface area contributed by atoms with Gasteiger partial charge in [-0.1, -0.05) is 81.4 Å². The number of thiazole rings is 1. The van der Waals surface area contributed by atoms with Gasteiger partial charge in [-0.2, -0.15) is 0 Å². The van der Waals surface area contributed by atoms with Gasteiger partial charge in [0.2, 0.25) is 0 Å². The second kappa shape index (κ2) is 6.88. The maximum atomic E-state index is 11.8. The minimum absolute atomic E-state index is 0.0891. The van der Waals surface area contributed by atoms with Crippen LogP contribution in [0.25, 0.3) is 32.5 Å². The Kier molecular flexibility index (Phi) is 4.52. The smallest absolute Gasteiger partial charge is 0.277 e. The molecule has 3 nitrogen and oxygen atoms in total. The van der Waals surface area contributed by atoms with Crippen LogP contribution in [0, 0.1) is 0 Å². The quantitative estimate of drug-likeness (QED) is 0.467. The van der Waals surface area contributed by atoms with E-state index in [2.05, 4.69) is 80.4 Å². The van der Waals surface area contributed by atoms with E-state index in [-0.39, 0.29) is 5.41 Å². The first-order chi connectivity index (χ1) is 13.3. The molecule has 0 unspecified atom stereocenters. The predicted molar refractivity (Wildman–Crippen MR) is 118 cm³/mol.